The Morgan fingerprint density at radius 3 is 2.42 bits per heavy atom. The normalized spacial score (nSPS) is 12.3. The van der Waals surface area contributed by atoms with Crippen LogP contribution in [0.2, 0.25) is 0 Å². The Kier molecular flexibility index (Phi) is 11.8. The van der Waals surface area contributed by atoms with Gasteiger partial charge in [-0.2, -0.15) is 0 Å². The first-order valence-corrected chi connectivity index (χ1v) is 7.73. The van der Waals surface area contributed by atoms with Crippen molar-refractivity contribution in [2.45, 2.75) is 46.5 Å². The molecule has 0 unspecified atom stereocenters. The fourth-order valence-electron chi connectivity index (χ4n) is 1.80. The SMILES string of the molecule is CCNC(=NCCCN(C)C)NCCCCC(C)C. The van der Waals surface area contributed by atoms with E-state index in [4.69, 9.17) is 0 Å². The smallest absolute Gasteiger partial charge is 0.191 e. The zero-order chi connectivity index (χ0) is 14.5. The molecule has 0 amide bonds. The molecule has 4 heteroatoms. The number of unbranched alkanes of at least 4 members (excludes halogenated alkanes) is 1. The Balaban J connectivity index is 3.74. The molecule has 0 saturated carbocycles. The van der Waals surface area contributed by atoms with Crippen molar-refractivity contribution in [1.29, 1.82) is 0 Å². The van der Waals surface area contributed by atoms with Crippen molar-refractivity contribution in [2.75, 3.05) is 40.3 Å². The van der Waals surface area contributed by atoms with E-state index in [2.05, 4.69) is 55.4 Å². The molecule has 0 aromatic rings. The lowest BCUT2D eigenvalue weighted by molar-refractivity contribution is 0.403. The highest BCUT2D eigenvalue weighted by atomic mass is 15.2. The second-order valence-electron chi connectivity index (χ2n) is 5.73. The highest BCUT2D eigenvalue weighted by molar-refractivity contribution is 5.79. The third-order valence-electron chi connectivity index (χ3n) is 2.88. The molecule has 0 saturated heterocycles. The van der Waals surface area contributed by atoms with E-state index < -0.39 is 0 Å². The van der Waals surface area contributed by atoms with E-state index in [1.165, 1.54) is 19.3 Å². The Morgan fingerprint density at radius 2 is 1.84 bits per heavy atom. The molecular formula is C15H34N4. The summed E-state index contributed by atoms with van der Waals surface area (Å²) in [6, 6.07) is 0. The molecule has 4 nitrogen and oxygen atoms in total. The van der Waals surface area contributed by atoms with Gasteiger partial charge in [0.1, 0.15) is 0 Å². The summed E-state index contributed by atoms with van der Waals surface area (Å²) < 4.78 is 0. The summed E-state index contributed by atoms with van der Waals surface area (Å²) in [5.74, 6) is 1.78. The summed E-state index contributed by atoms with van der Waals surface area (Å²) in [5, 5.41) is 6.70. The molecule has 114 valence electrons. The monoisotopic (exact) mass is 270 g/mol. The lowest BCUT2D eigenvalue weighted by Crippen LogP contribution is -2.38. The first-order chi connectivity index (χ1) is 9.06. The molecule has 0 aromatic heterocycles. The molecule has 0 rings (SSSR count). The van der Waals surface area contributed by atoms with E-state index in [0.717, 1.165) is 44.5 Å². The lowest BCUT2D eigenvalue weighted by atomic mass is 10.1. The topological polar surface area (TPSA) is 39.7 Å². The molecule has 0 atom stereocenters. The number of aliphatic imine (C=N–C) groups is 1. The van der Waals surface area contributed by atoms with Crippen LogP contribution in [-0.2, 0) is 0 Å². The van der Waals surface area contributed by atoms with Crippen LogP contribution in [0.4, 0.5) is 0 Å². The maximum absolute atomic E-state index is 4.59. The van der Waals surface area contributed by atoms with Gasteiger partial charge < -0.3 is 15.5 Å². The van der Waals surface area contributed by atoms with Crippen LogP contribution in [0.25, 0.3) is 0 Å². The van der Waals surface area contributed by atoms with E-state index >= 15 is 0 Å². The highest BCUT2D eigenvalue weighted by Gasteiger charge is 1.98. The summed E-state index contributed by atoms with van der Waals surface area (Å²) in [6.07, 6.45) is 4.94. The summed E-state index contributed by atoms with van der Waals surface area (Å²) in [4.78, 5) is 6.78. The minimum absolute atomic E-state index is 0.813. The second-order valence-corrected chi connectivity index (χ2v) is 5.73. The molecule has 0 aliphatic carbocycles. The van der Waals surface area contributed by atoms with Crippen LogP contribution in [0.15, 0.2) is 4.99 Å². The molecule has 0 aromatic carbocycles. The Hall–Kier alpha value is -0.770. The molecule has 0 radical (unpaired) electrons. The molecule has 0 bridgehead atoms. The molecule has 0 aliphatic heterocycles. The second kappa shape index (κ2) is 12.3. The van der Waals surface area contributed by atoms with Crippen LogP contribution in [0.3, 0.4) is 0 Å². The first kappa shape index (κ1) is 18.2. The van der Waals surface area contributed by atoms with Crippen LogP contribution in [0.5, 0.6) is 0 Å². The van der Waals surface area contributed by atoms with Crippen molar-refractivity contribution >= 4 is 5.96 Å². The number of rotatable bonds is 10. The molecule has 19 heavy (non-hydrogen) atoms. The summed E-state index contributed by atoms with van der Waals surface area (Å²) in [5.41, 5.74) is 0. The Morgan fingerprint density at radius 1 is 1.11 bits per heavy atom. The predicted molar refractivity (Wildman–Crippen MR) is 85.8 cm³/mol. The lowest BCUT2D eigenvalue weighted by Gasteiger charge is -2.12. The van der Waals surface area contributed by atoms with Gasteiger partial charge in [-0.1, -0.05) is 26.7 Å². The van der Waals surface area contributed by atoms with Gasteiger partial charge in [-0.15, -0.1) is 0 Å². The number of hydrogen-bond acceptors (Lipinski definition) is 2. The summed E-state index contributed by atoms with van der Waals surface area (Å²) >= 11 is 0. The van der Waals surface area contributed by atoms with Crippen molar-refractivity contribution in [2.24, 2.45) is 10.9 Å². The van der Waals surface area contributed by atoms with Crippen molar-refractivity contribution in [3.8, 4) is 0 Å². The molecule has 0 spiro atoms. The van der Waals surface area contributed by atoms with Crippen molar-refractivity contribution in [3.63, 3.8) is 0 Å². The van der Waals surface area contributed by atoms with Crippen LogP contribution < -0.4 is 10.6 Å². The van der Waals surface area contributed by atoms with Crippen molar-refractivity contribution in [1.82, 2.24) is 15.5 Å². The highest BCUT2D eigenvalue weighted by Crippen LogP contribution is 2.04. The summed E-state index contributed by atoms with van der Waals surface area (Å²) in [7, 11) is 4.20. The Labute approximate surface area is 120 Å². The van der Waals surface area contributed by atoms with Gasteiger partial charge in [-0.05, 0) is 46.3 Å². The van der Waals surface area contributed by atoms with E-state index in [-0.39, 0.29) is 0 Å². The number of nitrogens with one attached hydrogen (secondary N) is 2. The van der Waals surface area contributed by atoms with Crippen molar-refractivity contribution in [3.05, 3.63) is 0 Å². The van der Waals surface area contributed by atoms with Gasteiger partial charge in [0, 0.05) is 19.6 Å². The molecule has 2 N–H and O–H groups in total. The van der Waals surface area contributed by atoms with Gasteiger partial charge >= 0.3 is 0 Å². The average Bonchev–Trinajstić information content (AvgIpc) is 2.33. The van der Waals surface area contributed by atoms with Crippen LogP contribution >= 0.6 is 0 Å². The van der Waals surface area contributed by atoms with Crippen LogP contribution in [0, 0.1) is 5.92 Å². The first-order valence-electron chi connectivity index (χ1n) is 7.73. The van der Waals surface area contributed by atoms with Gasteiger partial charge in [0.2, 0.25) is 0 Å². The number of guanidine groups is 1. The van der Waals surface area contributed by atoms with Gasteiger partial charge in [0.25, 0.3) is 0 Å². The number of hydrogen-bond donors (Lipinski definition) is 2. The zero-order valence-electron chi connectivity index (χ0n) is 13.6. The van der Waals surface area contributed by atoms with Crippen LogP contribution in [-0.4, -0.2) is 51.1 Å². The average molecular weight is 270 g/mol. The van der Waals surface area contributed by atoms with Crippen LogP contribution in [0.1, 0.15) is 46.5 Å². The minimum Gasteiger partial charge on any atom is -0.357 e. The van der Waals surface area contributed by atoms with E-state index in [1.807, 2.05) is 0 Å². The molecule has 0 heterocycles. The minimum atomic E-state index is 0.813. The van der Waals surface area contributed by atoms with Gasteiger partial charge in [0.15, 0.2) is 5.96 Å². The van der Waals surface area contributed by atoms with Gasteiger partial charge in [0.05, 0.1) is 0 Å². The summed E-state index contributed by atoms with van der Waals surface area (Å²) in [6.45, 7) is 10.6. The maximum Gasteiger partial charge on any atom is 0.191 e. The standard InChI is InChI=1S/C15H34N4/c1-6-16-15(18-12-9-13-19(4)5)17-11-8-7-10-14(2)3/h14H,6-13H2,1-5H3,(H2,16,17,18). The van der Waals surface area contributed by atoms with E-state index in [1.54, 1.807) is 0 Å². The third-order valence-corrected chi connectivity index (χ3v) is 2.88. The molecule has 0 fully saturated rings. The Bertz CT molecular complexity index is 224. The fraction of sp³-hybridized carbons (Fsp3) is 0.933. The van der Waals surface area contributed by atoms with Crippen molar-refractivity contribution < 1.29 is 0 Å². The van der Waals surface area contributed by atoms with E-state index in [9.17, 15) is 0 Å². The van der Waals surface area contributed by atoms with Gasteiger partial charge in [-0.3, -0.25) is 4.99 Å². The molecule has 0 aliphatic rings. The number of nitrogens with zero attached hydrogens (tertiary/aromatic N) is 2. The fourth-order valence-corrected chi connectivity index (χ4v) is 1.80. The quantitative estimate of drug-likeness (QED) is 0.363. The molecular weight excluding hydrogens is 236 g/mol. The van der Waals surface area contributed by atoms with Gasteiger partial charge in [-0.25, -0.2) is 0 Å². The predicted octanol–water partition coefficient (Wildman–Crippen LogP) is 2.32. The maximum atomic E-state index is 4.59. The third kappa shape index (κ3) is 13.5. The zero-order valence-corrected chi connectivity index (χ0v) is 13.6. The van der Waals surface area contributed by atoms with E-state index in [0.29, 0.717) is 0 Å². The largest absolute Gasteiger partial charge is 0.357 e.